The van der Waals surface area contributed by atoms with Crippen LogP contribution in [0.25, 0.3) is 0 Å². The van der Waals surface area contributed by atoms with Crippen LogP contribution in [0.15, 0.2) is 18.2 Å². The third kappa shape index (κ3) is 3.93. The van der Waals surface area contributed by atoms with E-state index in [0.717, 1.165) is 30.8 Å². The van der Waals surface area contributed by atoms with Gasteiger partial charge in [-0.05, 0) is 56.1 Å². The van der Waals surface area contributed by atoms with E-state index < -0.39 is 0 Å². The van der Waals surface area contributed by atoms with Gasteiger partial charge in [0.05, 0.1) is 6.54 Å². The lowest BCUT2D eigenvalue weighted by molar-refractivity contribution is -0.117. The van der Waals surface area contributed by atoms with Gasteiger partial charge in [-0.3, -0.25) is 9.69 Å². The Morgan fingerprint density at radius 1 is 1.58 bits per heavy atom. The number of anilines is 1. The second kappa shape index (κ2) is 6.37. The van der Waals surface area contributed by atoms with E-state index in [2.05, 4.69) is 10.2 Å². The number of benzene rings is 1. The Hall–Kier alpha value is -1.10. The number of carbonyl (C=O) groups excluding carboxylic acids is 1. The fraction of sp³-hybridized carbons (Fsp3) is 0.500. The first-order valence-electron chi connectivity index (χ1n) is 6.57. The SMILES string of the molecule is Cc1cc(Cl)ccc1NC(=O)CN1CCC(CN)C1. The van der Waals surface area contributed by atoms with Crippen molar-refractivity contribution < 1.29 is 4.79 Å². The van der Waals surface area contributed by atoms with Crippen molar-refractivity contribution in [3.05, 3.63) is 28.8 Å². The molecule has 2 rings (SSSR count). The minimum Gasteiger partial charge on any atom is -0.330 e. The molecule has 1 heterocycles. The Morgan fingerprint density at radius 2 is 2.37 bits per heavy atom. The average molecular weight is 282 g/mol. The Morgan fingerprint density at radius 3 is 3.00 bits per heavy atom. The second-order valence-corrected chi connectivity index (χ2v) is 5.57. The van der Waals surface area contributed by atoms with Crippen LogP contribution >= 0.6 is 11.6 Å². The van der Waals surface area contributed by atoms with Crippen LogP contribution in [-0.4, -0.2) is 37.0 Å². The number of amides is 1. The summed E-state index contributed by atoms with van der Waals surface area (Å²) in [5.41, 5.74) is 7.44. The molecule has 1 saturated heterocycles. The van der Waals surface area contributed by atoms with Gasteiger partial charge in [0.1, 0.15) is 0 Å². The number of likely N-dealkylation sites (tertiary alicyclic amines) is 1. The minimum atomic E-state index is 0.0168. The Kier molecular flexibility index (Phi) is 4.80. The van der Waals surface area contributed by atoms with Crippen molar-refractivity contribution in [2.24, 2.45) is 11.7 Å². The molecular formula is C14H20ClN3O. The Labute approximate surface area is 118 Å². The standard InChI is InChI=1S/C14H20ClN3O/c1-10-6-12(15)2-3-13(10)17-14(19)9-18-5-4-11(7-16)8-18/h2-3,6,11H,4-5,7-9,16H2,1H3,(H,17,19). The van der Waals surface area contributed by atoms with Gasteiger partial charge in [-0.1, -0.05) is 11.6 Å². The zero-order valence-electron chi connectivity index (χ0n) is 11.2. The molecule has 1 amide bonds. The number of carbonyl (C=O) groups is 1. The highest BCUT2D eigenvalue weighted by molar-refractivity contribution is 6.30. The summed E-state index contributed by atoms with van der Waals surface area (Å²) in [5.74, 6) is 0.549. The summed E-state index contributed by atoms with van der Waals surface area (Å²) in [4.78, 5) is 14.1. The number of halogens is 1. The van der Waals surface area contributed by atoms with Crippen LogP contribution in [0.2, 0.25) is 5.02 Å². The predicted octanol–water partition coefficient (Wildman–Crippen LogP) is 1.87. The van der Waals surface area contributed by atoms with Gasteiger partial charge in [0.25, 0.3) is 0 Å². The van der Waals surface area contributed by atoms with Crippen molar-refractivity contribution in [1.82, 2.24) is 4.90 Å². The van der Waals surface area contributed by atoms with Gasteiger partial charge in [0.2, 0.25) is 5.91 Å². The van der Waals surface area contributed by atoms with Gasteiger partial charge >= 0.3 is 0 Å². The van der Waals surface area contributed by atoms with E-state index in [9.17, 15) is 4.79 Å². The molecule has 1 unspecified atom stereocenters. The highest BCUT2D eigenvalue weighted by Crippen LogP contribution is 2.20. The van der Waals surface area contributed by atoms with Gasteiger partial charge in [-0.2, -0.15) is 0 Å². The first-order valence-corrected chi connectivity index (χ1v) is 6.94. The summed E-state index contributed by atoms with van der Waals surface area (Å²) >= 11 is 5.89. The summed E-state index contributed by atoms with van der Waals surface area (Å²) in [7, 11) is 0. The van der Waals surface area contributed by atoms with Gasteiger partial charge in [0.15, 0.2) is 0 Å². The zero-order valence-corrected chi connectivity index (χ0v) is 11.9. The van der Waals surface area contributed by atoms with Crippen LogP contribution in [0.1, 0.15) is 12.0 Å². The maximum Gasteiger partial charge on any atom is 0.238 e. The number of aryl methyl sites for hydroxylation is 1. The first kappa shape index (κ1) is 14.3. The summed E-state index contributed by atoms with van der Waals surface area (Å²) in [6, 6.07) is 5.46. The molecule has 0 aromatic heterocycles. The molecule has 0 radical (unpaired) electrons. The summed E-state index contributed by atoms with van der Waals surface area (Å²) in [5, 5.41) is 3.61. The summed E-state index contributed by atoms with van der Waals surface area (Å²) in [6.07, 6.45) is 1.09. The topological polar surface area (TPSA) is 58.4 Å². The van der Waals surface area contributed by atoms with Crippen LogP contribution in [-0.2, 0) is 4.79 Å². The monoisotopic (exact) mass is 281 g/mol. The molecule has 1 atom stereocenters. The fourth-order valence-corrected chi connectivity index (χ4v) is 2.64. The van der Waals surface area contributed by atoms with Gasteiger partial charge < -0.3 is 11.1 Å². The predicted molar refractivity (Wildman–Crippen MR) is 78.4 cm³/mol. The summed E-state index contributed by atoms with van der Waals surface area (Å²) < 4.78 is 0. The molecule has 104 valence electrons. The molecule has 0 saturated carbocycles. The van der Waals surface area contributed by atoms with E-state index in [1.807, 2.05) is 19.1 Å². The molecule has 4 nitrogen and oxygen atoms in total. The molecule has 3 N–H and O–H groups in total. The van der Waals surface area contributed by atoms with E-state index in [-0.39, 0.29) is 5.91 Å². The number of nitrogens with zero attached hydrogens (tertiary/aromatic N) is 1. The van der Waals surface area contributed by atoms with Crippen molar-refractivity contribution in [2.45, 2.75) is 13.3 Å². The maximum absolute atomic E-state index is 12.0. The lowest BCUT2D eigenvalue weighted by Crippen LogP contribution is -2.32. The zero-order chi connectivity index (χ0) is 13.8. The van der Waals surface area contributed by atoms with Crippen LogP contribution in [0.3, 0.4) is 0 Å². The number of rotatable bonds is 4. The second-order valence-electron chi connectivity index (χ2n) is 5.13. The number of nitrogens with one attached hydrogen (secondary N) is 1. The molecule has 19 heavy (non-hydrogen) atoms. The number of hydrogen-bond donors (Lipinski definition) is 2. The minimum absolute atomic E-state index is 0.0168. The van der Waals surface area contributed by atoms with Crippen molar-refractivity contribution in [3.63, 3.8) is 0 Å². The molecular weight excluding hydrogens is 262 g/mol. The van der Waals surface area contributed by atoms with Gasteiger partial charge in [-0.25, -0.2) is 0 Å². The van der Waals surface area contributed by atoms with Gasteiger partial charge in [0, 0.05) is 17.3 Å². The lowest BCUT2D eigenvalue weighted by Gasteiger charge is -2.16. The fourth-order valence-electron chi connectivity index (χ4n) is 2.41. The van der Waals surface area contributed by atoms with Crippen molar-refractivity contribution >= 4 is 23.2 Å². The maximum atomic E-state index is 12.0. The molecule has 1 aromatic rings. The summed E-state index contributed by atoms with van der Waals surface area (Å²) in [6.45, 7) is 4.94. The Bertz CT molecular complexity index is 464. The first-order chi connectivity index (χ1) is 9.08. The molecule has 1 fully saturated rings. The molecule has 0 aliphatic carbocycles. The third-order valence-corrected chi connectivity index (χ3v) is 3.77. The van der Waals surface area contributed by atoms with Crippen LogP contribution in [0.5, 0.6) is 0 Å². The average Bonchev–Trinajstić information content (AvgIpc) is 2.80. The molecule has 0 bridgehead atoms. The van der Waals surface area contributed by atoms with Crippen molar-refractivity contribution in [2.75, 3.05) is 31.5 Å². The molecule has 5 heteroatoms. The van der Waals surface area contributed by atoms with Crippen LogP contribution in [0.4, 0.5) is 5.69 Å². The smallest absolute Gasteiger partial charge is 0.238 e. The molecule has 0 spiro atoms. The van der Waals surface area contributed by atoms with E-state index in [0.29, 0.717) is 24.0 Å². The number of hydrogen-bond acceptors (Lipinski definition) is 3. The van der Waals surface area contributed by atoms with Crippen molar-refractivity contribution in [3.8, 4) is 0 Å². The largest absolute Gasteiger partial charge is 0.330 e. The highest BCUT2D eigenvalue weighted by atomic mass is 35.5. The van der Waals surface area contributed by atoms with Gasteiger partial charge in [-0.15, -0.1) is 0 Å². The van der Waals surface area contributed by atoms with Crippen molar-refractivity contribution in [1.29, 1.82) is 0 Å². The normalized spacial score (nSPS) is 19.6. The quantitative estimate of drug-likeness (QED) is 0.886. The molecule has 1 aromatic carbocycles. The van der Waals surface area contributed by atoms with Crippen LogP contribution < -0.4 is 11.1 Å². The lowest BCUT2D eigenvalue weighted by atomic mass is 10.1. The highest BCUT2D eigenvalue weighted by Gasteiger charge is 2.22. The third-order valence-electron chi connectivity index (χ3n) is 3.53. The molecule has 1 aliphatic rings. The van der Waals surface area contributed by atoms with E-state index in [1.165, 1.54) is 0 Å². The Balaban J connectivity index is 1.87. The van der Waals surface area contributed by atoms with E-state index in [1.54, 1.807) is 6.07 Å². The van der Waals surface area contributed by atoms with Crippen LogP contribution in [0, 0.1) is 12.8 Å². The number of nitrogens with two attached hydrogens (primary N) is 1. The van der Waals surface area contributed by atoms with E-state index in [4.69, 9.17) is 17.3 Å². The molecule has 1 aliphatic heterocycles. The van der Waals surface area contributed by atoms with E-state index >= 15 is 0 Å².